The van der Waals surface area contributed by atoms with E-state index in [0.29, 0.717) is 30.9 Å². The van der Waals surface area contributed by atoms with Gasteiger partial charge in [-0.25, -0.2) is 0 Å². The van der Waals surface area contributed by atoms with Crippen molar-refractivity contribution in [3.8, 4) is 0 Å². The van der Waals surface area contributed by atoms with Crippen molar-refractivity contribution in [3.05, 3.63) is 83.8 Å². The van der Waals surface area contributed by atoms with Crippen molar-refractivity contribution in [2.24, 2.45) is 0 Å². The standard InChI is InChI=1S/C23H22N2O4/c26-22-7-2-12-25(22)20-10-8-18(9-11-20)23(27)24-19-5-1-4-17(14-19)15-28-16-21-6-3-13-29-21/h1,3-6,8-11,13-14H,2,7,12,15-16H2,(H,24,27). The fraction of sp³-hybridized carbons (Fsp3) is 0.217. The van der Waals surface area contributed by atoms with Crippen LogP contribution in [0.2, 0.25) is 0 Å². The van der Waals surface area contributed by atoms with Gasteiger partial charge in [0.1, 0.15) is 12.4 Å². The molecule has 0 radical (unpaired) electrons. The molecule has 1 saturated heterocycles. The molecule has 1 N–H and O–H groups in total. The summed E-state index contributed by atoms with van der Waals surface area (Å²) in [5, 5.41) is 2.91. The van der Waals surface area contributed by atoms with Gasteiger partial charge in [0, 0.05) is 29.9 Å². The zero-order chi connectivity index (χ0) is 20.1. The fourth-order valence-electron chi connectivity index (χ4n) is 3.32. The second kappa shape index (κ2) is 8.75. The molecule has 1 aliphatic rings. The number of carbonyl (C=O) groups excluding carboxylic acids is 2. The number of hydrogen-bond donors (Lipinski definition) is 1. The number of nitrogens with zero attached hydrogens (tertiary/aromatic N) is 1. The van der Waals surface area contributed by atoms with Gasteiger partial charge in [-0.2, -0.15) is 0 Å². The van der Waals surface area contributed by atoms with Gasteiger partial charge in [-0.1, -0.05) is 12.1 Å². The first kappa shape index (κ1) is 19.0. The number of carbonyl (C=O) groups is 2. The quantitative estimate of drug-likeness (QED) is 0.650. The zero-order valence-electron chi connectivity index (χ0n) is 16.0. The summed E-state index contributed by atoms with van der Waals surface area (Å²) < 4.78 is 10.9. The van der Waals surface area contributed by atoms with E-state index < -0.39 is 0 Å². The Morgan fingerprint density at radius 2 is 1.93 bits per heavy atom. The van der Waals surface area contributed by atoms with Crippen LogP contribution in [0.25, 0.3) is 0 Å². The molecule has 148 valence electrons. The van der Waals surface area contributed by atoms with Crippen LogP contribution in [-0.2, 0) is 22.7 Å². The lowest BCUT2D eigenvalue weighted by Crippen LogP contribution is -2.23. The molecule has 6 nitrogen and oxygen atoms in total. The summed E-state index contributed by atoms with van der Waals surface area (Å²) in [7, 11) is 0. The highest BCUT2D eigenvalue weighted by molar-refractivity contribution is 6.04. The van der Waals surface area contributed by atoms with Gasteiger partial charge >= 0.3 is 0 Å². The van der Waals surface area contributed by atoms with E-state index >= 15 is 0 Å². The Bertz CT molecular complexity index is 980. The lowest BCUT2D eigenvalue weighted by molar-refractivity contribution is -0.117. The lowest BCUT2D eigenvalue weighted by atomic mass is 10.1. The smallest absolute Gasteiger partial charge is 0.255 e. The molecule has 0 atom stereocenters. The van der Waals surface area contributed by atoms with E-state index in [9.17, 15) is 9.59 Å². The maximum atomic E-state index is 12.6. The number of nitrogens with one attached hydrogen (secondary N) is 1. The molecule has 0 aliphatic carbocycles. The molecule has 0 bridgehead atoms. The third kappa shape index (κ3) is 4.73. The molecule has 1 fully saturated rings. The zero-order valence-corrected chi connectivity index (χ0v) is 16.0. The molecular weight excluding hydrogens is 368 g/mol. The van der Waals surface area contributed by atoms with Gasteiger partial charge in [0.15, 0.2) is 0 Å². The summed E-state index contributed by atoms with van der Waals surface area (Å²) in [4.78, 5) is 26.2. The Labute approximate surface area is 169 Å². The molecule has 29 heavy (non-hydrogen) atoms. The van der Waals surface area contributed by atoms with E-state index in [2.05, 4.69) is 5.32 Å². The molecule has 1 aliphatic heterocycles. The largest absolute Gasteiger partial charge is 0.467 e. The first-order chi connectivity index (χ1) is 14.2. The third-order valence-electron chi connectivity index (χ3n) is 4.79. The fourth-order valence-corrected chi connectivity index (χ4v) is 3.32. The Morgan fingerprint density at radius 1 is 1.07 bits per heavy atom. The van der Waals surface area contributed by atoms with Crippen LogP contribution in [0.5, 0.6) is 0 Å². The van der Waals surface area contributed by atoms with Gasteiger partial charge < -0.3 is 19.4 Å². The SMILES string of the molecule is O=C(Nc1cccc(COCc2ccco2)c1)c1ccc(N2CCCC2=O)cc1. The maximum Gasteiger partial charge on any atom is 0.255 e. The maximum absolute atomic E-state index is 12.6. The molecule has 0 unspecified atom stereocenters. The number of amides is 2. The summed E-state index contributed by atoms with van der Waals surface area (Å²) >= 11 is 0. The predicted molar refractivity (Wildman–Crippen MR) is 110 cm³/mol. The van der Waals surface area contributed by atoms with Gasteiger partial charge in [0.25, 0.3) is 5.91 Å². The molecular formula is C23H22N2O4. The molecule has 4 rings (SSSR count). The average molecular weight is 390 g/mol. The molecule has 3 aromatic rings. The van der Waals surface area contributed by atoms with Crippen LogP contribution >= 0.6 is 0 Å². The second-order valence-electron chi connectivity index (χ2n) is 6.92. The van der Waals surface area contributed by atoms with Crippen LogP contribution in [0.4, 0.5) is 11.4 Å². The molecule has 1 aromatic heterocycles. The van der Waals surface area contributed by atoms with Gasteiger partial charge in [-0.05, 0) is 60.5 Å². The van der Waals surface area contributed by atoms with Gasteiger partial charge in [0.2, 0.25) is 5.91 Å². The van der Waals surface area contributed by atoms with Crippen LogP contribution in [0.3, 0.4) is 0 Å². The van der Waals surface area contributed by atoms with Gasteiger partial charge in [-0.3, -0.25) is 9.59 Å². The number of hydrogen-bond acceptors (Lipinski definition) is 4. The van der Waals surface area contributed by atoms with E-state index in [1.807, 2.05) is 48.5 Å². The van der Waals surface area contributed by atoms with Crippen molar-refractivity contribution in [1.82, 2.24) is 0 Å². The van der Waals surface area contributed by atoms with Crippen molar-refractivity contribution in [3.63, 3.8) is 0 Å². The van der Waals surface area contributed by atoms with Gasteiger partial charge in [-0.15, -0.1) is 0 Å². The summed E-state index contributed by atoms with van der Waals surface area (Å²) in [6, 6.07) is 18.4. The van der Waals surface area contributed by atoms with Crippen LogP contribution in [0.15, 0.2) is 71.3 Å². The molecule has 0 spiro atoms. The topological polar surface area (TPSA) is 71.8 Å². The first-order valence-electron chi connectivity index (χ1n) is 9.60. The van der Waals surface area contributed by atoms with Crippen LogP contribution in [-0.4, -0.2) is 18.4 Å². The summed E-state index contributed by atoms with van der Waals surface area (Å²) in [5.74, 6) is 0.708. The summed E-state index contributed by atoms with van der Waals surface area (Å²) in [5.41, 5.74) is 3.03. The highest BCUT2D eigenvalue weighted by atomic mass is 16.5. The van der Waals surface area contributed by atoms with Crippen molar-refractivity contribution in [2.45, 2.75) is 26.1 Å². The highest BCUT2D eigenvalue weighted by Gasteiger charge is 2.21. The minimum atomic E-state index is -0.196. The minimum absolute atomic E-state index is 0.133. The predicted octanol–water partition coefficient (Wildman–Crippen LogP) is 4.38. The highest BCUT2D eigenvalue weighted by Crippen LogP contribution is 2.22. The number of rotatable bonds is 7. The third-order valence-corrected chi connectivity index (χ3v) is 4.79. The van der Waals surface area contributed by atoms with Crippen molar-refractivity contribution < 1.29 is 18.7 Å². The minimum Gasteiger partial charge on any atom is -0.467 e. The molecule has 2 amide bonds. The number of furan rings is 1. The van der Waals surface area contributed by atoms with Crippen molar-refractivity contribution in [1.29, 1.82) is 0 Å². The number of anilines is 2. The van der Waals surface area contributed by atoms with E-state index in [1.165, 1.54) is 0 Å². The molecule has 2 heterocycles. The monoisotopic (exact) mass is 390 g/mol. The lowest BCUT2D eigenvalue weighted by Gasteiger charge is -2.16. The van der Waals surface area contributed by atoms with E-state index in [4.69, 9.17) is 9.15 Å². The first-order valence-corrected chi connectivity index (χ1v) is 9.60. The summed E-state index contributed by atoms with van der Waals surface area (Å²) in [6.45, 7) is 1.55. The Balaban J connectivity index is 1.34. The average Bonchev–Trinajstić information content (AvgIpc) is 3.40. The Morgan fingerprint density at radius 3 is 2.66 bits per heavy atom. The van der Waals surface area contributed by atoms with Crippen LogP contribution in [0, 0.1) is 0 Å². The van der Waals surface area contributed by atoms with E-state index in [-0.39, 0.29) is 11.8 Å². The summed E-state index contributed by atoms with van der Waals surface area (Å²) in [6.07, 6.45) is 3.08. The van der Waals surface area contributed by atoms with E-state index in [1.54, 1.807) is 23.3 Å². The Kier molecular flexibility index (Phi) is 5.72. The number of ether oxygens (including phenoxy) is 1. The molecule has 2 aromatic carbocycles. The Hall–Kier alpha value is -3.38. The van der Waals surface area contributed by atoms with Crippen molar-refractivity contribution >= 4 is 23.2 Å². The number of benzene rings is 2. The van der Waals surface area contributed by atoms with Gasteiger partial charge in [0.05, 0.1) is 12.9 Å². The van der Waals surface area contributed by atoms with E-state index in [0.717, 1.165) is 30.0 Å². The molecule has 0 saturated carbocycles. The van der Waals surface area contributed by atoms with Crippen LogP contribution in [0.1, 0.15) is 34.5 Å². The molecule has 6 heteroatoms. The second-order valence-corrected chi connectivity index (χ2v) is 6.92. The normalized spacial score (nSPS) is 13.7. The van der Waals surface area contributed by atoms with Crippen LogP contribution < -0.4 is 10.2 Å². The van der Waals surface area contributed by atoms with Crippen molar-refractivity contribution in [2.75, 3.05) is 16.8 Å².